The quantitative estimate of drug-likeness (QED) is 0.494. The Bertz CT molecular complexity index is 945. The van der Waals surface area contributed by atoms with Gasteiger partial charge >= 0.3 is 0 Å². The predicted octanol–water partition coefficient (Wildman–Crippen LogP) is 6.62. The number of hydrogen-bond donors (Lipinski definition) is 1. The van der Waals surface area contributed by atoms with Gasteiger partial charge in [0.15, 0.2) is 0 Å². The van der Waals surface area contributed by atoms with E-state index in [0.717, 1.165) is 30.2 Å². The molecular formula is C28H38Cl2N2O. The van der Waals surface area contributed by atoms with Crippen LogP contribution in [0.15, 0.2) is 42.5 Å². The zero-order chi connectivity index (χ0) is 20.8. The van der Waals surface area contributed by atoms with Gasteiger partial charge in [-0.25, -0.2) is 0 Å². The number of rotatable bonds is 6. The zero-order valence-electron chi connectivity index (χ0n) is 19.7. The third kappa shape index (κ3) is 4.61. The van der Waals surface area contributed by atoms with Gasteiger partial charge in [-0.2, -0.15) is 0 Å². The van der Waals surface area contributed by atoms with Crippen molar-refractivity contribution in [3.05, 3.63) is 59.2 Å². The van der Waals surface area contributed by atoms with Gasteiger partial charge in [0, 0.05) is 30.2 Å². The van der Waals surface area contributed by atoms with Crippen molar-refractivity contribution >= 4 is 30.5 Å². The van der Waals surface area contributed by atoms with Crippen LogP contribution in [0.25, 0.3) is 0 Å². The minimum atomic E-state index is 0. The monoisotopic (exact) mass is 488 g/mol. The number of anilines is 1. The van der Waals surface area contributed by atoms with Gasteiger partial charge in [0.05, 0.1) is 7.11 Å². The number of hydrogen-bond acceptors (Lipinski definition) is 3. The summed E-state index contributed by atoms with van der Waals surface area (Å²) in [6, 6.07) is 16.5. The maximum atomic E-state index is 5.29. The van der Waals surface area contributed by atoms with E-state index >= 15 is 0 Å². The van der Waals surface area contributed by atoms with E-state index < -0.39 is 0 Å². The molecule has 6 rings (SSSR count). The van der Waals surface area contributed by atoms with Crippen LogP contribution in [0.3, 0.4) is 0 Å². The highest BCUT2D eigenvalue weighted by molar-refractivity contribution is 5.85. The molecule has 0 amide bonds. The Morgan fingerprint density at radius 1 is 1.00 bits per heavy atom. The van der Waals surface area contributed by atoms with Crippen LogP contribution in [0.4, 0.5) is 5.69 Å². The molecule has 180 valence electrons. The summed E-state index contributed by atoms with van der Waals surface area (Å²) in [4.78, 5) is 2.91. The highest BCUT2D eigenvalue weighted by atomic mass is 35.5. The van der Waals surface area contributed by atoms with Gasteiger partial charge in [0.1, 0.15) is 5.75 Å². The fourth-order valence-corrected chi connectivity index (χ4v) is 7.00. The average molecular weight is 490 g/mol. The lowest BCUT2D eigenvalue weighted by Gasteiger charge is -2.59. The van der Waals surface area contributed by atoms with Crippen LogP contribution in [0.2, 0.25) is 0 Å². The number of nitrogens with one attached hydrogen (secondary N) is 1. The topological polar surface area (TPSA) is 24.5 Å². The van der Waals surface area contributed by atoms with Gasteiger partial charge in [0.2, 0.25) is 0 Å². The maximum absolute atomic E-state index is 5.29. The molecule has 3 aliphatic carbocycles. The molecule has 3 fully saturated rings. The number of ether oxygens (including phenoxy) is 1. The van der Waals surface area contributed by atoms with Crippen LogP contribution < -0.4 is 10.1 Å². The molecule has 33 heavy (non-hydrogen) atoms. The number of nitrogens with zero attached hydrogens (tertiary/aromatic N) is 1. The van der Waals surface area contributed by atoms with Crippen molar-refractivity contribution in [2.24, 2.45) is 11.8 Å². The fourth-order valence-electron chi connectivity index (χ4n) is 7.00. The smallest absolute Gasteiger partial charge is 0.118 e. The van der Waals surface area contributed by atoms with Gasteiger partial charge in [-0.1, -0.05) is 31.0 Å². The van der Waals surface area contributed by atoms with E-state index in [2.05, 4.69) is 40.5 Å². The van der Waals surface area contributed by atoms with E-state index in [0.29, 0.717) is 5.41 Å². The number of likely N-dealkylation sites (tertiary alicyclic amines) is 1. The van der Waals surface area contributed by atoms with Gasteiger partial charge in [-0.05, 0) is 97.9 Å². The summed E-state index contributed by atoms with van der Waals surface area (Å²) < 4.78 is 5.29. The Labute approximate surface area is 211 Å². The normalized spacial score (nSPS) is 27.9. The van der Waals surface area contributed by atoms with Gasteiger partial charge in [0.25, 0.3) is 0 Å². The van der Waals surface area contributed by atoms with E-state index in [9.17, 15) is 0 Å². The number of fused-ring (bicyclic) bond motifs is 1. The lowest BCUT2D eigenvalue weighted by molar-refractivity contribution is -0.0133. The summed E-state index contributed by atoms with van der Waals surface area (Å²) in [5.41, 5.74) is 6.35. The maximum Gasteiger partial charge on any atom is 0.118 e. The van der Waals surface area contributed by atoms with Crippen molar-refractivity contribution in [1.29, 1.82) is 0 Å². The predicted molar refractivity (Wildman–Crippen MR) is 141 cm³/mol. The van der Waals surface area contributed by atoms with Gasteiger partial charge < -0.3 is 10.1 Å². The Morgan fingerprint density at radius 2 is 1.82 bits per heavy atom. The lowest BCUT2D eigenvalue weighted by Crippen LogP contribution is -2.61. The molecule has 0 radical (unpaired) electrons. The number of benzene rings is 2. The molecule has 1 aliphatic heterocycles. The first kappa shape index (κ1) is 24.7. The Balaban J connectivity index is 0.00000130. The third-order valence-corrected chi connectivity index (χ3v) is 8.80. The summed E-state index contributed by atoms with van der Waals surface area (Å²) in [5.74, 6) is 2.79. The molecule has 3 nitrogen and oxygen atoms in total. The molecule has 0 unspecified atom stereocenters. The molecule has 2 aromatic rings. The summed E-state index contributed by atoms with van der Waals surface area (Å²) in [6.07, 6.45) is 11.3. The summed E-state index contributed by atoms with van der Waals surface area (Å²) >= 11 is 0. The van der Waals surface area contributed by atoms with Crippen LogP contribution in [-0.4, -0.2) is 31.1 Å². The molecule has 3 atom stereocenters. The van der Waals surface area contributed by atoms with Crippen molar-refractivity contribution in [3.63, 3.8) is 0 Å². The summed E-state index contributed by atoms with van der Waals surface area (Å²) in [6.45, 7) is 3.55. The Hall–Kier alpha value is -1.42. The van der Waals surface area contributed by atoms with Gasteiger partial charge in [-0.15, -0.1) is 24.8 Å². The molecule has 1 saturated heterocycles. The number of halogens is 2. The van der Waals surface area contributed by atoms with E-state index in [1.165, 1.54) is 75.7 Å². The first-order valence-electron chi connectivity index (χ1n) is 12.5. The Kier molecular flexibility index (Phi) is 7.53. The second-order valence-electron chi connectivity index (χ2n) is 10.5. The molecule has 2 bridgehead atoms. The first-order valence-corrected chi connectivity index (χ1v) is 12.5. The van der Waals surface area contributed by atoms with Crippen molar-refractivity contribution in [2.45, 2.75) is 69.4 Å². The van der Waals surface area contributed by atoms with Crippen LogP contribution >= 0.6 is 24.8 Å². The van der Waals surface area contributed by atoms with Gasteiger partial charge in [-0.3, -0.25) is 4.90 Å². The van der Waals surface area contributed by atoms with Crippen LogP contribution in [0.1, 0.15) is 61.6 Å². The third-order valence-electron chi connectivity index (χ3n) is 8.80. The molecule has 2 aromatic carbocycles. The molecule has 1 N–H and O–H groups in total. The van der Waals surface area contributed by atoms with E-state index in [1.807, 2.05) is 12.1 Å². The van der Waals surface area contributed by atoms with Crippen molar-refractivity contribution < 1.29 is 4.74 Å². The minimum absolute atomic E-state index is 0. The molecule has 2 saturated carbocycles. The van der Waals surface area contributed by atoms with E-state index in [-0.39, 0.29) is 24.8 Å². The zero-order valence-corrected chi connectivity index (χ0v) is 21.4. The molecule has 0 spiro atoms. The average Bonchev–Trinajstić information content (AvgIpc) is 3.64. The van der Waals surface area contributed by atoms with E-state index in [1.54, 1.807) is 18.2 Å². The minimum Gasteiger partial charge on any atom is -0.497 e. The molecule has 5 heteroatoms. The molecule has 1 heterocycles. The lowest BCUT2D eigenvalue weighted by atomic mass is 9.52. The van der Waals surface area contributed by atoms with Crippen LogP contribution in [0, 0.1) is 11.8 Å². The van der Waals surface area contributed by atoms with Crippen LogP contribution in [-0.2, 0) is 18.4 Å². The Morgan fingerprint density at radius 3 is 2.58 bits per heavy atom. The molecule has 0 aromatic heterocycles. The first-order chi connectivity index (χ1) is 15.2. The SMILES string of the molecule is COc1ccc(CNc2ccc3c(c2)[C@@]24CCCC[C@H]2[C@@H](C3)N(CC2CC2)CC4)cc1.Cl.Cl. The van der Waals surface area contributed by atoms with Crippen molar-refractivity contribution in [2.75, 3.05) is 25.5 Å². The van der Waals surface area contributed by atoms with Crippen molar-refractivity contribution in [3.8, 4) is 5.75 Å². The van der Waals surface area contributed by atoms with Crippen molar-refractivity contribution in [1.82, 2.24) is 4.90 Å². The highest BCUT2D eigenvalue weighted by Gasteiger charge is 2.54. The second kappa shape index (κ2) is 10.1. The fraction of sp³-hybridized carbons (Fsp3) is 0.571. The molecular weight excluding hydrogens is 451 g/mol. The summed E-state index contributed by atoms with van der Waals surface area (Å²) in [7, 11) is 1.72. The van der Waals surface area contributed by atoms with E-state index in [4.69, 9.17) is 4.74 Å². The van der Waals surface area contributed by atoms with Crippen LogP contribution in [0.5, 0.6) is 5.75 Å². The number of methoxy groups -OCH3 is 1. The molecule has 4 aliphatic rings. The largest absolute Gasteiger partial charge is 0.497 e. The highest BCUT2D eigenvalue weighted by Crippen LogP contribution is 2.56. The summed E-state index contributed by atoms with van der Waals surface area (Å²) in [5, 5.41) is 3.71. The standard InChI is InChI=1S/C28H36N2O.2ClH/c1-31-24-11-7-20(8-12-24)18-29-23-10-9-22-16-27-25-4-2-3-13-28(25,26(22)17-23)14-15-30(27)19-21-5-6-21;;/h7-12,17,21,25,27,29H,2-6,13-16,18-19H2,1H3;2*1H/t25-,27+,28+;;/m0../s1. The number of piperidine rings is 1. The second-order valence-corrected chi connectivity index (χ2v) is 10.5.